The van der Waals surface area contributed by atoms with Crippen molar-refractivity contribution >= 4 is 16.9 Å². The Morgan fingerprint density at radius 1 is 1.24 bits per heavy atom. The molecule has 1 atom stereocenters. The zero-order valence-corrected chi connectivity index (χ0v) is 13.5. The van der Waals surface area contributed by atoms with Crippen LogP contribution in [-0.4, -0.2) is 30.6 Å². The molecular formula is C18H16N6O. The molecule has 1 amide bonds. The van der Waals surface area contributed by atoms with E-state index in [4.69, 9.17) is 0 Å². The quantitative estimate of drug-likeness (QED) is 0.601. The highest BCUT2D eigenvalue weighted by atomic mass is 16.1. The molecule has 4 aromatic rings. The van der Waals surface area contributed by atoms with Gasteiger partial charge in [-0.05, 0) is 31.2 Å². The van der Waals surface area contributed by atoms with E-state index in [0.29, 0.717) is 11.3 Å². The summed E-state index contributed by atoms with van der Waals surface area (Å²) >= 11 is 0. The summed E-state index contributed by atoms with van der Waals surface area (Å²) in [7, 11) is 0. The van der Waals surface area contributed by atoms with Crippen molar-refractivity contribution < 1.29 is 4.79 Å². The number of hydrogen-bond donors (Lipinski definition) is 2. The molecule has 124 valence electrons. The number of nitrogens with zero attached hydrogens (tertiary/aromatic N) is 4. The number of aromatic nitrogens is 5. The van der Waals surface area contributed by atoms with Crippen molar-refractivity contribution in [2.24, 2.45) is 0 Å². The molecule has 7 nitrogen and oxygen atoms in total. The number of rotatable bonds is 4. The molecule has 0 aliphatic heterocycles. The second kappa shape index (κ2) is 6.20. The molecule has 0 spiro atoms. The van der Waals surface area contributed by atoms with Crippen LogP contribution in [0.1, 0.15) is 29.1 Å². The van der Waals surface area contributed by atoms with Crippen LogP contribution in [0.2, 0.25) is 0 Å². The van der Waals surface area contributed by atoms with Crippen molar-refractivity contribution in [3.8, 4) is 5.69 Å². The van der Waals surface area contributed by atoms with E-state index in [1.807, 2.05) is 49.5 Å². The van der Waals surface area contributed by atoms with E-state index in [9.17, 15) is 4.79 Å². The van der Waals surface area contributed by atoms with Gasteiger partial charge in [0.15, 0.2) is 0 Å². The Kier molecular flexibility index (Phi) is 3.74. The maximum absolute atomic E-state index is 12.4. The number of H-pyrrole nitrogens is 1. The highest BCUT2D eigenvalue weighted by molar-refractivity contribution is 5.97. The molecule has 1 aromatic carbocycles. The molecule has 0 bridgehead atoms. The summed E-state index contributed by atoms with van der Waals surface area (Å²) in [5.41, 5.74) is 2.85. The van der Waals surface area contributed by atoms with Gasteiger partial charge in [-0.2, -0.15) is 5.10 Å². The third kappa shape index (κ3) is 2.99. The van der Waals surface area contributed by atoms with Crippen molar-refractivity contribution in [1.82, 2.24) is 30.0 Å². The summed E-state index contributed by atoms with van der Waals surface area (Å²) in [6, 6.07) is 13.2. The molecule has 7 heteroatoms. The lowest BCUT2D eigenvalue weighted by Gasteiger charge is -2.10. The normalized spacial score (nSPS) is 12.2. The number of aromatic amines is 1. The fourth-order valence-corrected chi connectivity index (χ4v) is 2.63. The number of para-hydroxylation sites is 1. The van der Waals surface area contributed by atoms with E-state index in [1.165, 1.54) is 6.33 Å². The largest absolute Gasteiger partial charge is 0.343 e. The molecule has 0 aliphatic rings. The third-order valence-electron chi connectivity index (χ3n) is 3.96. The van der Waals surface area contributed by atoms with Crippen molar-refractivity contribution in [2.45, 2.75) is 13.0 Å². The molecule has 0 saturated heterocycles. The summed E-state index contributed by atoms with van der Waals surface area (Å²) in [6.07, 6.45) is 4.99. The SMILES string of the molecule is CC(NC(=O)c1cc2cncnc2[nH]1)c1ccn(-c2ccccc2)n1. The van der Waals surface area contributed by atoms with Gasteiger partial charge in [-0.1, -0.05) is 18.2 Å². The molecule has 4 rings (SSSR count). The van der Waals surface area contributed by atoms with E-state index in [1.54, 1.807) is 16.9 Å². The molecule has 25 heavy (non-hydrogen) atoms. The predicted octanol–water partition coefficient (Wildman–Crippen LogP) is 2.63. The average molecular weight is 332 g/mol. The van der Waals surface area contributed by atoms with E-state index in [-0.39, 0.29) is 11.9 Å². The second-order valence-electron chi connectivity index (χ2n) is 5.73. The van der Waals surface area contributed by atoms with Crippen LogP contribution in [0.4, 0.5) is 0 Å². The third-order valence-corrected chi connectivity index (χ3v) is 3.96. The standard InChI is InChI=1S/C18H16N6O/c1-12(15-7-8-24(23-15)14-5-3-2-4-6-14)21-18(25)16-9-13-10-19-11-20-17(13)22-16/h2-12H,1H3,(H,21,25)(H,19,20,22). The van der Waals surface area contributed by atoms with E-state index < -0.39 is 0 Å². The number of fused-ring (bicyclic) bond motifs is 1. The number of hydrogen-bond acceptors (Lipinski definition) is 4. The minimum Gasteiger partial charge on any atom is -0.343 e. The second-order valence-corrected chi connectivity index (χ2v) is 5.73. The minimum atomic E-state index is -0.227. The van der Waals surface area contributed by atoms with Gasteiger partial charge >= 0.3 is 0 Å². The Bertz CT molecular complexity index is 987. The smallest absolute Gasteiger partial charge is 0.268 e. The number of carbonyl (C=O) groups is 1. The van der Waals surface area contributed by atoms with Gasteiger partial charge in [0.2, 0.25) is 0 Å². The van der Waals surface area contributed by atoms with Gasteiger partial charge in [-0.25, -0.2) is 14.6 Å². The van der Waals surface area contributed by atoms with E-state index in [2.05, 4.69) is 25.4 Å². The van der Waals surface area contributed by atoms with Gasteiger partial charge < -0.3 is 10.3 Å². The van der Waals surface area contributed by atoms with E-state index in [0.717, 1.165) is 16.8 Å². The molecule has 0 radical (unpaired) electrons. The summed E-state index contributed by atoms with van der Waals surface area (Å²) in [4.78, 5) is 23.5. The van der Waals surface area contributed by atoms with Gasteiger partial charge in [0, 0.05) is 17.8 Å². The van der Waals surface area contributed by atoms with Crippen molar-refractivity contribution in [3.63, 3.8) is 0 Å². The number of carbonyl (C=O) groups excluding carboxylic acids is 1. The average Bonchev–Trinajstić information content (AvgIpc) is 3.29. The number of nitrogens with one attached hydrogen (secondary N) is 2. The van der Waals surface area contributed by atoms with Gasteiger partial charge in [0.05, 0.1) is 17.4 Å². The first-order valence-electron chi connectivity index (χ1n) is 7.91. The predicted molar refractivity (Wildman–Crippen MR) is 93.3 cm³/mol. The van der Waals surface area contributed by atoms with Crippen LogP contribution < -0.4 is 5.32 Å². The lowest BCUT2D eigenvalue weighted by atomic mass is 10.2. The molecule has 0 fully saturated rings. The van der Waals surface area contributed by atoms with Crippen LogP contribution in [-0.2, 0) is 0 Å². The molecule has 0 aliphatic carbocycles. The van der Waals surface area contributed by atoms with Gasteiger partial charge in [-0.15, -0.1) is 0 Å². The molecule has 0 saturated carbocycles. The first-order chi connectivity index (χ1) is 12.2. The Morgan fingerprint density at radius 3 is 2.88 bits per heavy atom. The van der Waals surface area contributed by atoms with Crippen LogP contribution in [0.3, 0.4) is 0 Å². The number of amides is 1. The maximum atomic E-state index is 12.4. The van der Waals surface area contributed by atoms with Crippen LogP contribution >= 0.6 is 0 Å². The zero-order valence-electron chi connectivity index (χ0n) is 13.5. The van der Waals surface area contributed by atoms with E-state index >= 15 is 0 Å². The fraction of sp³-hybridized carbons (Fsp3) is 0.111. The first-order valence-corrected chi connectivity index (χ1v) is 7.91. The van der Waals surface area contributed by atoms with Crippen LogP contribution in [0, 0.1) is 0 Å². The minimum absolute atomic E-state index is 0.209. The van der Waals surface area contributed by atoms with Gasteiger partial charge in [0.25, 0.3) is 5.91 Å². The summed E-state index contributed by atoms with van der Waals surface area (Å²) < 4.78 is 1.79. The summed E-state index contributed by atoms with van der Waals surface area (Å²) in [5.74, 6) is -0.209. The van der Waals surface area contributed by atoms with Gasteiger partial charge in [-0.3, -0.25) is 4.79 Å². The lowest BCUT2D eigenvalue weighted by Crippen LogP contribution is -2.27. The topological polar surface area (TPSA) is 88.5 Å². The van der Waals surface area contributed by atoms with Crippen LogP contribution in [0.5, 0.6) is 0 Å². The molecule has 3 heterocycles. The monoisotopic (exact) mass is 332 g/mol. The Labute approximate surface area is 143 Å². The molecule has 3 aromatic heterocycles. The van der Waals surface area contributed by atoms with Crippen molar-refractivity contribution in [1.29, 1.82) is 0 Å². The molecule has 1 unspecified atom stereocenters. The lowest BCUT2D eigenvalue weighted by molar-refractivity contribution is 0.0935. The summed E-state index contributed by atoms with van der Waals surface area (Å²) in [5, 5.41) is 8.28. The van der Waals surface area contributed by atoms with Crippen molar-refractivity contribution in [3.05, 3.63) is 72.6 Å². The fourth-order valence-electron chi connectivity index (χ4n) is 2.63. The van der Waals surface area contributed by atoms with Crippen LogP contribution in [0.15, 0.2) is 61.2 Å². The Balaban J connectivity index is 1.50. The zero-order chi connectivity index (χ0) is 17.2. The highest BCUT2D eigenvalue weighted by Gasteiger charge is 2.16. The Morgan fingerprint density at radius 2 is 2.08 bits per heavy atom. The van der Waals surface area contributed by atoms with Crippen molar-refractivity contribution in [2.75, 3.05) is 0 Å². The summed E-state index contributed by atoms with van der Waals surface area (Å²) in [6.45, 7) is 1.90. The first kappa shape index (κ1) is 15.1. The molecular weight excluding hydrogens is 316 g/mol. The molecule has 2 N–H and O–H groups in total. The van der Waals surface area contributed by atoms with Crippen LogP contribution in [0.25, 0.3) is 16.7 Å². The Hall–Kier alpha value is -3.48. The number of benzene rings is 1. The maximum Gasteiger partial charge on any atom is 0.268 e. The van der Waals surface area contributed by atoms with Gasteiger partial charge in [0.1, 0.15) is 17.7 Å². The highest BCUT2D eigenvalue weighted by Crippen LogP contribution is 2.15.